The fraction of sp³-hybridized carbons (Fsp3) is 0.786. The van der Waals surface area contributed by atoms with Gasteiger partial charge in [-0.05, 0) is 58.7 Å². The first kappa shape index (κ1) is 13.4. The molecule has 0 aromatic rings. The Labute approximate surface area is 99.7 Å². The van der Waals surface area contributed by atoms with Gasteiger partial charge in [0.25, 0.3) is 0 Å². The molecule has 0 heterocycles. The fourth-order valence-corrected chi connectivity index (χ4v) is 2.25. The van der Waals surface area contributed by atoms with Gasteiger partial charge in [-0.25, -0.2) is 0 Å². The summed E-state index contributed by atoms with van der Waals surface area (Å²) in [5.74, 6) is 0.335. The second-order valence-corrected chi connectivity index (χ2v) is 5.18. The van der Waals surface area contributed by atoms with Crippen LogP contribution in [0.3, 0.4) is 0 Å². The van der Waals surface area contributed by atoms with Crippen LogP contribution in [-0.2, 0) is 4.79 Å². The van der Waals surface area contributed by atoms with Gasteiger partial charge in [0.15, 0.2) is 5.78 Å². The summed E-state index contributed by atoms with van der Waals surface area (Å²) in [5.41, 5.74) is 0.742. The molecule has 2 heteroatoms. The maximum absolute atomic E-state index is 12.5. The Morgan fingerprint density at radius 1 is 1.38 bits per heavy atom. The summed E-state index contributed by atoms with van der Waals surface area (Å²) >= 11 is 0. The largest absolute Gasteiger partial charge is 0.297 e. The third-order valence-corrected chi connectivity index (χ3v) is 4.00. The fourth-order valence-electron chi connectivity index (χ4n) is 2.25. The summed E-state index contributed by atoms with van der Waals surface area (Å²) in [6.07, 6.45) is 8.77. The zero-order valence-electron chi connectivity index (χ0n) is 11.2. The normalized spacial score (nSPS) is 21.2. The zero-order chi connectivity index (χ0) is 12.2. The Morgan fingerprint density at radius 2 is 2.06 bits per heavy atom. The molecule has 0 fully saturated rings. The number of allylic oxidation sites excluding steroid dienone is 1. The highest BCUT2D eigenvalue weighted by atomic mass is 16.1. The highest BCUT2D eigenvalue weighted by Crippen LogP contribution is 2.26. The summed E-state index contributed by atoms with van der Waals surface area (Å²) in [5, 5.41) is 0. The van der Waals surface area contributed by atoms with Crippen molar-refractivity contribution in [2.45, 2.75) is 57.9 Å². The third kappa shape index (κ3) is 2.73. The van der Waals surface area contributed by atoms with E-state index in [1.54, 1.807) is 0 Å². The van der Waals surface area contributed by atoms with Gasteiger partial charge in [-0.3, -0.25) is 9.69 Å². The molecule has 0 aliphatic heterocycles. The summed E-state index contributed by atoms with van der Waals surface area (Å²) in [4.78, 5) is 14.6. The number of hydrogen-bond donors (Lipinski definition) is 0. The van der Waals surface area contributed by atoms with Crippen LogP contribution in [-0.4, -0.2) is 30.3 Å². The molecule has 0 saturated heterocycles. The number of ketones is 1. The first-order chi connectivity index (χ1) is 7.52. The molecule has 0 spiro atoms. The number of carbonyl (C=O) groups excluding carboxylic acids is 1. The first-order valence-corrected chi connectivity index (χ1v) is 6.43. The number of nitrogens with zero attached hydrogens (tertiary/aromatic N) is 1. The molecule has 92 valence electrons. The smallest absolute Gasteiger partial charge is 0.178 e. The van der Waals surface area contributed by atoms with Crippen molar-refractivity contribution in [2.24, 2.45) is 0 Å². The van der Waals surface area contributed by atoms with Crippen LogP contribution in [0.4, 0.5) is 0 Å². The van der Waals surface area contributed by atoms with Crippen molar-refractivity contribution in [1.29, 1.82) is 0 Å². The Morgan fingerprint density at radius 3 is 2.62 bits per heavy atom. The first-order valence-electron chi connectivity index (χ1n) is 6.43. The molecule has 0 aromatic carbocycles. The zero-order valence-corrected chi connectivity index (χ0v) is 11.2. The molecule has 2 nitrogen and oxygen atoms in total. The summed E-state index contributed by atoms with van der Waals surface area (Å²) < 4.78 is 0. The predicted molar refractivity (Wildman–Crippen MR) is 68.6 cm³/mol. The van der Waals surface area contributed by atoms with Gasteiger partial charge in [-0.15, -0.1) is 0 Å². The van der Waals surface area contributed by atoms with E-state index in [-0.39, 0.29) is 5.54 Å². The lowest BCUT2D eigenvalue weighted by molar-refractivity contribution is -0.125. The van der Waals surface area contributed by atoms with E-state index in [0.29, 0.717) is 5.78 Å². The predicted octanol–water partition coefficient (Wildman–Crippen LogP) is 3.18. The SMILES string of the molecule is CCC(C)(C(=O)C1=CCCCCC1)N(C)C. The van der Waals surface area contributed by atoms with E-state index >= 15 is 0 Å². The van der Waals surface area contributed by atoms with E-state index in [1.165, 1.54) is 19.3 Å². The second-order valence-electron chi connectivity index (χ2n) is 5.18. The van der Waals surface area contributed by atoms with Crippen LogP contribution < -0.4 is 0 Å². The standard InChI is InChI=1S/C14H25NO/c1-5-14(2,15(3)4)13(16)12-10-8-6-7-9-11-12/h10H,5-9,11H2,1-4H3. The number of hydrogen-bond acceptors (Lipinski definition) is 2. The Hall–Kier alpha value is -0.630. The van der Waals surface area contributed by atoms with E-state index in [1.807, 2.05) is 14.1 Å². The van der Waals surface area contributed by atoms with Gasteiger partial charge in [0.1, 0.15) is 0 Å². The molecule has 16 heavy (non-hydrogen) atoms. The van der Waals surface area contributed by atoms with Crippen LogP contribution in [0.5, 0.6) is 0 Å². The van der Waals surface area contributed by atoms with Crippen molar-refractivity contribution < 1.29 is 4.79 Å². The monoisotopic (exact) mass is 223 g/mol. The molecular formula is C14H25NO. The minimum absolute atomic E-state index is 0.323. The van der Waals surface area contributed by atoms with Gasteiger partial charge in [-0.1, -0.05) is 19.4 Å². The molecule has 1 aliphatic carbocycles. The van der Waals surface area contributed by atoms with E-state index in [0.717, 1.165) is 24.8 Å². The van der Waals surface area contributed by atoms with E-state index < -0.39 is 0 Å². The molecule has 0 amide bonds. The van der Waals surface area contributed by atoms with Gasteiger partial charge >= 0.3 is 0 Å². The Balaban J connectivity index is 2.86. The molecule has 0 radical (unpaired) electrons. The van der Waals surface area contributed by atoms with Crippen molar-refractivity contribution in [3.63, 3.8) is 0 Å². The van der Waals surface area contributed by atoms with Crippen LogP contribution in [0, 0.1) is 0 Å². The van der Waals surface area contributed by atoms with Gasteiger partial charge in [0.2, 0.25) is 0 Å². The number of likely N-dealkylation sites (N-methyl/N-ethyl adjacent to an activating group) is 1. The van der Waals surface area contributed by atoms with Crippen LogP contribution in [0.25, 0.3) is 0 Å². The van der Waals surface area contributed by atoms with Gasteiger partial charge in [0.05, 0.1) is 5.54 Å². The lowest BCUT2D eigenvalue weighted by Crippen LogP contribution is -2.48. The number of rotatable bonds is 4. The molecule has 1 atom stereocenters. The topological polar surface area (TPSA) is 20.3 Å². The summed E-state index contributed by atoms with van der Waals surface area (Å²) in [6.45, 7) is 4.15. The Kier molecular flexibility index (Phi) is 4.72. The van der Waals surface area contributed by atoms with Gasteiger partial charge in [-0.2, -0.15) is 0 Å². The molecule has 0 saturated carbocycles. The third-order valence-electron chi connectivity index (χ3n) is 4.00. The number of carbonyl (C=O) groups is 1. The maximum atomic E-state index is 12.5. The molecular weight excluding hydrogens is 198 g/mol. The lowest BCUT2D eigenvalue weighted by atomic mass is 9.85. The maximum Gasteiger partial charge on any atom is 0.178 e. The van der Waals surface area contributed by atoms with Crippen LogP contribution in [0.1, 0.15) is 52.4 Å². The average Bonchev–Trinajstić information content (AvgIpc) is 2.55. The molecule has 0 aromatic heterocycles. The van der Waals surface area contributed by atoms with E-state index in [2.05, 4.69) is 24.8 Å². The average molecular weight is 223 g/mol. The van der Waals surface area contributed by atoms with Gasteiger partial charge < -0.3 is 0 Å². The molecule has 0 N–H and O–H groups in total. The van der Waals surface area contributed by atoms with Crippen molar-refractivity contribution in [1.82, 2.24) is 4.90 Å². The molecule has 1 rings (SSSR count). The summed E-state index contributed by atoms with van der Waals surface area (Å²) in [7, 11) is 4.00. The lowest BCUT2D eigenvalue weighted by Gasteiger charge is -2.34. The van der Waals surface area contributed by atoms with Gasteiger partial charge in [0, 0.05) is 0 Å². The molecule has 1 aliphatic rings. The minimum Gasteiger partial charge on any atom is -0.297 e. The van der Waals surface area contributed by atoms with Crippen LogP contribution in [0.2, 0.25) is 0 Å². The highest BCUT2D eigenvalue weighted by molar-refractivity contribution is 6.02. The van der Waals surface area contributed by atoms with Crippen molar-refractivity contribution in [3.8, 4) is 0 Å². The van der Waals surface area contributed by atoms with Crippen LogP contribution >= 0.6 is 0 Å². The number of Topliss-reactive ketones (excluding diaryl/α,β-unsaturated/α-hetero) is 1. The molecule has 1 unspecified atom stereocenters. The molecule has 0 bridgehead atoms. The minimum atomic E-state index is -0.323. The summed E-state index contributed by atoms with van der Waals surface area (Å²) in [6, 6.07) is 0. The second kappa shape index (κ2) is 5.62. The van der Waals surface area contributed by atoms with Crippen molar-refractivity contribution in [3.05, 3.63) is 11.6 Å². The van der Waals surface area contributed by atoms with E-state index in [4.69, 9.17) is 0 Å². The van der Waals surface area contributed by atoms with E-state index in [9.17, 15) is 4.79 Å². The highest BCUT2D eigenvalue weighted by Gasteiger charge is 2.35. The van der Waals surface area contributed by atoms with Crippen LogP contribution in [0.15, 0.2) is 11.6 Å². The quantitative estimate of drug-likeness (QED) is 0.729. The Bertz CT molecular complexity index is 280. The van der Waals surface area contributed by atoms with Crippen molar-refractivity contribution >= 4 is 5.78 Å². The van der Waals surface area contributed by atoms with Crippen molar-refractivity contribution in [2.75, 3.05) is 14.1 Å².